The van der Waals surface area contributed by atoms with Gasteiger partial charge in [-0.3, -0.25) is 4.79 Å². The fraction of sp³-hybridized carbons (Fsp3) is 0.857. The lowest BCUT2D eigenvalue weighted by Crippen LogP contribution is -2.32. The highest BCUT2D eigenvalue weighted by molar-refractivity contribution is 5.46. The van der Waals surface area contributed by atoms with Crippen molar-refractivity contribution < 1.29 is 4.79 Å². The van der Waals surface area contributed by atoms with Gasteiger partial charge in [0.1, 0.15) is 0 Å². The Labute approximate surface area is 62.0 Å². The Morgan fingerprint density at radius 1 is 1.70 bits per heavy atom. The molecular formula is C7H16N2O. The summed E-state index contributed by atoms with van der Waals surface area (Å²) >= 11 is 0. The molecule has 0 aliphatic heterocycles. The summed E-state index contributed by atoms with van der Waals surface area (Å²) in [6.45, 7) is 3.99. The fourth-order valence-electron chi connectivity index (χ4n) is 0.805. The molecule has 2 unspecified atom stereocenters. The molecule has 3 N–H and O–H groups in total. The van der Waals surface area contributed by atoms with E-state index < -0.39 is 0 Å². The van der Waals surface area contributed by atoms with Gasteiger partial charge in [-0.1, -0.05) is 6.92 Å². The molecular weight excluding hydrogens is 128 g/mol. The van der Waals surface area contributed by atoms with Crippen LogP contribution < -0.4 is 11.1 Å². The predicted molar refractivity (Wildman–Crippen MR) is 41.5 cm³/mol. The summed E-state index contributed by atoms with van der Waals surface area (Å²) in [5.74, 6) is 0. The van der Waals surface area contributed by atoms with Gasteiger partial charge in [0.2, 0.25) is 6.41 Å². The number of nitrogens with two attached hydrogens (primary N) is 1. The molecule has 0 rings (SSSR count). The lowest BCUT2D eigenvalue weighted by Gasteiger charge is -2.14. The third-order valence-electron chi connectivity index (χ3n) is 1.53. The molecule has 1 amide bonds. The highest BCUT2D eigenvalue weighted by Gasteiger charge is 2.04. The Bertz CT molecular complexity index is 95.6. The summed E-state index contributed by atoms with van der Waals surface area (Å²) < 4.78 is 0. The van der Waals surface area contributed by atoms with Crippen LogP contribution in [0.3, 0.4) is 0 Å². The second kappa shape index (κ2) is 5.23. The zero-order valence-corrected chi connectivity index (χ0v) is 6.63. The summed E-state index contributed by atoms with van der Waals surface area (Å²) in [4.78, 5) is 9.93. The Balaban J connectivity index is 3.35. The number of nitrogens with one attached hydrogen (secondary N) is 1. The number of carbonyl (C=O) groups excluding carboxylic acids is 1. The normalized spacial score (nSPS) is 15.9. The second-order valence-corrected chi connectivity index (χ2v) is 2.59. The Morgan fingerprint density at radius 2 is 2.30 bits per heavy atom. The van der Waals surface area contributed by atoms with E-state index >= 15 is 0 Å². The number of hydrogen-bond donors (Lipinski definition) is 2. The van der Waals surface area contributed by atoms with Crippen LogP contribution in [0.5, 0.6) is 0 Å². The van der Waals surface area contributed by atoms with Crippen molar-refractivity contribution in [2.45, 2.75) is 38.8 Å². The average Bonchev–Trinajstić information content (AvgIpc) is 1.88. The second-order valence-electron chi connectivity index (χ2n) is 2.59. The average molecular weight is 144 g/mol. The maximum absolute atomic E-state index is 9.93. The minimum atomic E-state index is 0.201. The molecule has 3 heteroatoms. The first-order valence-electron chi connectivity index (χ1n) is 3.66. The molecule has 60 valence electrons. The Kier molecular flexibility index (Phi) is 4.94. The van der Waals surface area contributed by atoms with Crippen LogP contribution in [-0.2, 0) is 4.79 Å². The molecule has 0 radical (unpaired) electrons. The van der Waals surface area contributed by atoms with Gasteiger partial charge < -0.3 is 11.1 Å². The third kappa shape index (κ3) is 4.32. The van der Waals surface area contributed by atoms with Crippen molar-refractivity contribution in [3.63, 3.8) is 0 Å². The van der Waals surface area contributed by atoms with Crippen LogP contribution in [0.25, 0.3) is 0 Å². The molecule has 10 heavy (non-hydrogen) atoms. The summed E-state index contributed by atoms with van der Waals surface area (Å²) in [5.41, 5.74) is 5.65. The van der Waals surface area contributed by atoms with E-state index in [4.69, 9.17) is 5.73 Å². The molecule has 0 aliphatic rings. The topological polar surface area (TPSA) is 55.1 Å². The Morgan fingerprint density at radius 3 is 2.70 bits per heavy atom. The van der Waals surface area contributed by atoms with Gasteiger partial charge in [-0.25, -0.2) is 0 Å². The first-order chi connectivity index (χ1) is 4.70. The minimum absolute atomic E-state index is 0.201. The fourth-order valence-corrected chi connectivity index (χ4v) is 0.805. The Hall–Kier alpha value is -0.570. The highest BCUT2D eigenvalue weighted by Crippen LogP contribution is 1.97. The molecule has 0 aromatic heterocycles. The van der Waals surface area contributed by atoms with Crippen molar-refractivity contribution in [2.24, 2.45) is 5.73 Å². The van der Waals surface area contributed by atoms with Crippen LogP contribution in [0.2, 0.25) is 0 Å². The van der Waals surface area contributed by atoms with Crippen molar-refractivity contribution in [1.29, 1.82) is 0 Å². The van der Waals surface area contributed by atoms with Gasteiger partial charge in [0.05, 0.1) is 0 Å². The van der Waals surface area contributed by atoms with Crippen molar-refractivity contribution in [3.8, 4) is 0 Å². The summed E-state index contributed by atoms with van der Waals surface area (Å²) in [6, 6.07) is 0.412. The van der Waals surface area contributed by atoms with E-state index in [1.807, 2.05) is 13.8 Å². The lowest BCUT2D eigenvalue weighted by atomic mass is 10.1. The molecule has 0 spiro atoms. The summed E-state index contributed by atoms with van der Waals surface area (Å²) in [5, 5.41) is 2.65. The molecule has 0 saturated heterocycles. The quantitative estimate of drug-likeness (QED) is 0.543. The van der Waals surface area contributed by atoms with E-state index in [9.17, 15) is 4.79 Å². The van der Waals surface area contributed by atoms with E-state index in [0.717, 1.165) is 12.8 Å². The van der Waals surface area contributed by atoms with Crippen molar-refractivity contribution in [2.75, 3.05) is 0 Å². The summed E-state index contributed by atoms with van der Waals surface area (Å²) in [7, 11) is 0. The van der Waals surface area contributed by atoms with Gasteiger partial charge in [0.25, 0.3) is 0 Å². The van der Waals surface area contributed by atoms with Crippen molar-refractivity contribution >= 4 is 6.41 Å². The van der Waals surface area contributed by atoms with Gasteiger partial charge in [0, 0.05) is 12.1 Å². The molecule has 0 aromatic rings. The molecule has 0 aromatic carbocycles. The first kappa shape index (κ1) is 9.43. The van der Waals surface area contributed by atoms with E-state index in [1.165, 1.54) is 0 Å². The zero-order chi connectivity index (χ0) is 7.98. The van der Waals surface area contributed by atoms with Crippen LogP contribution in [0, 0.1) is 0 Å². The van der Waals surface area contributed by atoms with Gasteiger partial charge in [0.15, 0.2) is 0 Å². The molecule has 0 fully saturated rings. The lowest BCUT2D eigenvalue weighted by molar-refractivity contribution is -0.110. The van der Waals surface area contributed by atoms with Crippen LogP contribution >= 0.6 is 0 Å². The van der Waals surface area contributed by atoms with E-state index in [0.29, 0.717) is 6.41 Å². The largest absolute Gasteiger partial charge is 0.356 e. The monoisotopic (exact) mass is 144 g/mol. The number of carbonyl (C=O) groups is 1. The molecule has 0 bridgehead atoms. The SMILES string of the molecule is CCC(N)CC(C)NC=O. The van der Waals surface area contributed by atoms with Gasteiger partial charge in [-0.15, -0.1) is 0 Å². The third-order valence-corrected chi connectivity index (χ3v) is 1.53. The highest BCUT2D eigenvalue weighted by atomic mass is 16.1. The predicted octanol–water partition coefficient (Wildman–Crippen LogP) is 0.248. The first-order valence-corrected chi connectivity index (χ1v) is 3.66. The van der Waals surface area contributed by atoms with Gasteiger partial charge in [-0.2, -0.15) is 0 Å². The number of amides is 1. The standard InChI is InChI=1S/C7H16N2O/c1-3-7(8)4-6(2)9-5-10/h5-7H,3-4,8H2,1-2H3,(H,9,10). The van der Waals surface area contributed by atoms with Crippen LogP contribution in [0.4, 0.5) is 0 Å². The molecule has 3 nitrogen and oxygen atoms in total. The van der Waals surface area contributed by atoms with Crippen LogP contribution in [-0.4, -0.2) is 18.5 Å². The van der Waals surface area contributed by atoms with Crippen molar-refractivity contribution in [1.82, 2.24) is 5.32 Å². The molecule has 0 saturated carbocycles. The van der Waals surface area contributed by atoms with Crippen LogP contribution in [0.1, 0.15) is 26.7 Å². The number of hydrogen-bond acceptors (Lipinski definition) is 2. The molecule has 2 atom stereocenters. The number of rotatable bonds is 5. The molecule has 0 heterocycles. The van der Waals surface area contributed by atoms with Gasteiger partial charge >= 0.3 is 0 Å². The zero-order valence-electron chi connectivity index (χ0n) is 6.63. The maximum Gasteiger partial charge on any atom is 0.207 e. The summed E-state index contributed by atoms with van der Waals surface area (Å²) in [6.07, 6.45) is 2.53. The van der Waals surface area contributed by atoms with E-state index in [1.54, 1.807) is 0 Å². The smallest absolute Gasteiger partial charge is 0.207 e. The van der Waals surface area contributed by atoms with Crippen molar-refractivity contribution in [3.05, 3.63) is 0 Å². The minimum Gasteiger partial charge on any atom is -0.356 e. The van der Waals surface area contributed by atoms with E-state index in [-0.39, 0.29) is 12.1 Å². The van der Waals surface area contributed by atoms with Crippen LogP contribution in [0.15, 0.2) is 0 Å². The molecule has 0 aliphatic carbocycles. The van der Waals surface area contributed by atoms with Gasteiger partial charge in [-0.05, 0) is 19.8 Å². The maximum atomic E-state index is 9.93. The van der Waals surface area contributed by atoms with E-state index in [2.05, 4.69) is 5.32 Å².